The first-order valence-electron chi connectivity index (χ1n) is 5.96. The van der Waals surface area contributed by atoms with Gasteiger partial charge in [0, 0.05) is 5.56 Å². The summed E-state index contributed by atoms with van der Waals surface area (Å²) < 4.78 is 37.5. The van der Waals surface area contributed by atoms with E-state index in [0.717, 1.165) is 11.8 Å². The fourth-order valence-electron chi connectivity index (χ4n) is 1.56. The summed E-state index contributed by atoms with van der Waals surface area (Å²) in [6, 6.07) is 10.7. The Morgan fingerprint density at radius 1 is 1.19 bits per heavy atom. The number of rotatable bonds is 4. The van der Waals surface area contributed by atoms with Crippen LogP contribution in [0.15, 0.2) is 52.5 Å². The number of hydrazone groups is 1. The third-order valence-electron chi connectivity index (χ3n) is 2.69. The quantitative estimate of drug-likeness (QED) is 0.693. The Hall–Kier alpha value is -1.92. The van der Waals surface area contributed by atoms with Crippen LogP contribution in [-0.4, -0.2) is 14.6 Å². The summed E-state index contributed by atoms with van der Waals surface area (Å²) in [4.78, 5) is 2.10. The van der Waals surface area contributed by atoms with Crippen molar-refractivity contribution in [2.24, 2.45) is 5.10 Å². The summed E-state index contributed by atoms with van der Waals surface area (Å²) in [5, 5.41) is 3.50. The van der Waals surface area contributed by atoms with Gasteiger partial charge in [-0.3, -0.25) is 0 Å². The molecule has 0 aliphatic carbocycles. The molecule has 0 fully saturated rings. The molecular formula is C14H12ClFN2O2S. The molecule has 2 rings (SSSR count). The van der Waals surface area contributed by atoms with Crippen LogP contribution in [0.1, 0.15) is 11.1 Å². The van der Waals surface area contributed by atoms with Crippen molar-refractivity contribution in [3.8, 4) is 0 Å². The number of hydrogen-bond donors (Lipinski definition) is 1. The van der Waals surface area contributed by atoms with E-state index in [2.05, 4.69) is 5.10 Å². The SMILES string of the molecule is Cc1ccc(S(=O)(=O)N/N=C/c2cccc(Cl)c2F)cc1. The van der Waals surface area contributed by atoms with Gasteiger partial charge in [-0.25, -0.2) is 9.22 Å². The lowest BCUT2D eigenvalue weighted by Crippen LogP contribution is -2.18. The third-order valence-corrected chi connectivity index (χ3v) is 4.22. The smallest absolute Gasteiger partial charge is 0.205 e. The Bertz CT molecular complexity index is 774. The van der Waals surface area contributed by atoms with Crippen molar-refractivity contribution in [3.05, 3.63) is 64.4 Å². The molecule has 110 valence electrons. The lowest BCUT2D eigenvalue weighted by Gasteiger charge is -2.03. The van der Waals surface area contributed by atoms with Gasteiger partial charge < -0.3 is 0 Å². The molecule has 0 aliphatic heterocycles. The van der Waals surface area contributed by atoms with Crippen LogP contribution >= 0.6 is 11.6 Å². The monoisotopic (exact) mass is 326 g/mol. The van der Waals surface area contributed by atoms with E-state index in [1.54, 1.807) is 18.2 Å². The molecule has 0 aromatic heterocycles. The lowest BCUT2D eigenvalue weighted by atomic mass is 10.2. The molecule has 0 radical (unpaired) electrons. The van der Waals surface area contributed by atoms with Gasteiger partial charge in [-0.1, -0.05) is 41.4 Å². The molecule has 0 heterocycles. The van der Waals surface area contributed by atoms with Crippen LogP contribution in [0.25, 0.3) is 0 Å². The molecular weight excluding hydrogens is 315 g/mol. The maximum absolute atomic E-state index is 13.6. The average molecular weight is 327 g/mol. The minimum Gasteiger partial charge on any atom is -0.205 e. The second-order valence-electron chi connectivity index (χ2n) is 4.31. The Balaban J connectivity index is 2.16. The number of nitrogens with zero attached hydrogens (tertiary/aromatic N) is 1. The standard InChI is InChI=1S/C14H12ClFN2O2S/c1-10-5-7-12(8-6-10)21(19,20)18-17-9-11-3-2-4-13(15)14(11)16/h2-9,18H,1H3/b17-9+. The normalized spacial score (nSPS) is 11.8. The van der Waals surface area contributed by atoms with E-state index in [4.69, 9.17) is 11.6 Å². The highest BCUT2D eigenvalue weighted by Gasteiger charge is 2.12. The molecule has 0 aliphatic rings. The molecule has 2 aromatic rings. The fourth-order valence-corrected chi connectivity index (χ4v) is 2.53. The van der Waals surface area contributed by atoms with Crippen LogP contribution in [0, 0.1) is 12.7 Å². The molecule has 0 unspecified atom stereocenters. The maximum atomic E-state index is 13.6. The van der Waals surface area contributed by atoms with Gasteiger partial charge in [-0.2, -0.15) is 13.5 Å². The van der Waals surface area contributed by atoms with Crippen LogP contribution in [0.3, 0.4) is 0 Å². The van der Waals surface area contributed by atoms with Gasteiger partial charge in [0.2, 0.25) is 0 Å². The molecule has 2 aromatic carbocycles. The van der Waals surface area contributed by atoms with Gasteiger partial charge in [0.05, 0.1) is 16.1 Å². The van der Waals surface area contributed by atoms with E-state index in [-0.39, 0.29) is 15.5 Å². The van der Waals surface area contributed by atoms with Crippen LogP contribution < -0.4 is 4.83 Å². The second-order valence-corrected chi connectivity index (χ2v) is 6.38. The predicted molar refractivity (Wildman–Crippen MR) is 80.5 cm³/mol. The molecule has 0 spiro atoms. The van der Waals surface area contributed by atoms with Crippen molar-refractivity contribution in [1.29, 1.82) is 0 Å². The lowest BCUT2D eigenvalue weighted by molar-refractivity contribution is 0.584. The van der Waals surface area contributed by atoms with Crippen molar-refractivity contribution >= 4 is 27.8 Å². The summed E-state index contributed by atoms with van der Waals surface area (Å²) in [5.74, 6) is -0.655. The molecule has 1 N–H and O–H groups in total. The van der Waals surface area contributed by atoms with E-state index in [9.17, 15) is 12.8 Å². The molecule has 7 heteroatoms. The second kappa shape index (κ2) is 6.24. The molecule has 0 saturated heterocycles. The zero-order valence-corrected chi connectivity index (χ0v) is 12.6. The Labute approximate surface area is 127 Å². The summed E-state index contributed by atoms with van der Waals surface area (Å²) in [5.41, 5.74) is 1.03. The highest BCUT2D eigenvalue weighted by molar-refractivity contribution is 7.89. The van der Waals surface area contributed by atoms with Crippen molar-refractivity contribution < 1.29 is 12.8 Å². The van der Waals surface area contributed by atoms with Crippen LogP contribution in [0.2, 0.25) is 5.02 Å². The number of halogens is 2. The zero-order valence-electron chi connectivity index (χ0n) is 11.0. The van der Waals surface area contributed by atoms with Crippen molar-refractivity contribution in [2.75, 3.05) is 0 Å². The van der Waals surface area contributed by atoms with Gasteiger partial charge >= 0.3 is 0 Å². The topological polar surface area (TPSA) is 58.5 Å². The van der Waals surface area contributed by atoms with Crippen molar-refractivity contribution in [3.63, 3.8) is 0 Å². The first-order chi connectivity index (χ1) is 9.90. The number of benzene rings is 2. The van der Waals surface area contributed by atoms with Crippen molar-refractivity contribution in [1.82, 2.24) is 4.83 Å². The minimum atomic E-state index is -3.77. The highest BCUT2D eigenvalue weighted by atomic mass is 35.5. The van der Waals surface area contributed by atoms with E-state index in [1.165, 1.54) is 24.3 Å². The first kappa shape index (κ1) is 15.5. The summed E-state index contributed by atoms with van der Waals surface area (Å²) in [7, 11) is -3.77. The van der Waals surface area contributed by atoms with Gasteiger partial charge in [0.25, 0.3) is 10.0 Å². The largest absolute Gasteiger partial charge is 0.276 e. The molecule has 0 bridgehead atoms. The number of sulfonamides is 1. The van der Waals surface area contributed by atoms with Crippen molar-refractivity contribution in [2.45, 2.75) is 11.8 Å². The first-order valence-corrected chi connectivity index (χ1v) is 7.82. The third kappa shape index (κ3) is 3.80. The van der Waals surface area contributed by atoms with E-state index in [0.29, 0.717) is 0 Å². The van der Waals surface area contributed by atoms with Crippen LogP contribution in [0.5, 0.6) is 0 Å². The highest BCUT2D eigenvalue weighted by Crippen LogP contribution is 2.16. The molecule has 21 heavy (non-hydrogen) atoms. The van der Waals surface area contributed by atoms with E-state index < -0.39 is 15.8 Å². The summed E-state index contributed by atoms with van der Waals surface area (Å²) >= 11 is 5.62. The average Bonchev–Trinajstić information content (AvgIpc) is 2.44. The molecule has 0 atom stereocenters. The number of hydrogen-bond acceptors (Lipinski definition) is 3. The Morgan fingerprint density at radius 2 is 1.86 bits per heavy atom. The minimum absolute atomic E-state index is 0.0552. The van der Waals surface area contributed by atoms with Gasteiger partial charge in [0.15, 0.2) is 5.82 Å². The Kier molecular flexibility index (Phi) is 4.59. The summed E-state index contributed by atoms with van der Waals surface area (Å²) in [6.07, 6.45) is 1.06. The van der Waals surface area contributed by atoms with Gasteiger partial charge in [-0.05, 0) is 25.1 Å². The van der Waals surface area contributed by atoms with E-state index in [1.807, 2.05) is 11.8 Å². The summed E-state index contributed by atoms with van der Waals surface area (Å²) in [6.45, 7) is 1.85. The van der Waals surface area contributed by atoms with Crippen LogP contribution in [-0.2, 0) is 10.0 Å². The van der Waals surface area contributed by atoms with Gasteiger partial charge in [-0.15, -0.1) is 0 Å². The number of nitrogens with one attached hydrogen (secondary N) is 1. The zero-order chi connectivity index (χ0) is 15.5. The molecule has 0 saturated carbocycles. The van der Waals surface area contributed by atoms with Gasteiger partial charge in [0.1, 0.15) is 0 Å². The Morgan fingerprint density at radius 3 is 2.52 bits per heavy atom. The maximum Gasteiger partial charge on any atom is 0.276 e. The van der Waals surface area contributed by atoms with Crippen LogP contribution in [0.4, 0.5) is 4.39 Å². The van der Waals surface area contributed by atoms with E-state index >= 15 is 0 Å². The molecule has 0 amide bonds. The fraction of sp³-hybridized carbons (Fsp3) is 0.0714. The number of aryl methyl sites for hydroxylation is 1. The molecule has 4 nitrogen and oxygen atoms in total. The predicted octanol–water partition coefficient (Wildman–Crippen LogP) is 3.10.